The van der Waals surface area contributed by atoms with Crippen molar-refractivity contribution in [3.05, 3.63) is 23.8 Å². The first kappa shape index (κ1) is 16.1. The van der Waals surface area contributed by atoms with Crippen LogP contribution >= 0.6 is 0 Å². The topological polar surface area (TPSA) is 73.9 Å². The molecule has 1 fully saturated rings. The molecule has 0 unspecified atom stereocenters. The summed E-state index contributed by atoms with van der Waals surface area (Å²) in [5.41, 5.74) is 0.227. The molecule has 0 aliphatic heterocycles. The second kappa shape index (κ2) is 7.15. The summed E-state index contributed by atoms with van der Waals surface area (Å²) < 4.78 is 15.2. The van der Waals surface area contributed by atoms with Crippen molar-refractivity contribution < 1.29 is 23.8 Å². The van der Waals surface area contributed by atoms with E-state index in [1.54, 1.807) is 12.1 Å². The van der Waals surface area contributed by atoms with Gasteiger partial charge in [-0.25, -0.2) is 4.79 Å². The average Bonchev–Trinajstić information content (AvgIpc) is 3.36. The lowest BCUT2D eigenvalue weighted by Crippen LogP contribution is -2.37. The number of carbonyl (C=O) groups is 2. The molecule has 1 aromatic carbocycles. The van der Waals surface area contributed by atoms with Crippen LogP contribution in [0.15, 0.2) is 18.2 Å². The molecule has 0 spiro atoms. The summed E-state index contributed by atoms with van der Waals surface area (Å²) in [6.45, 7) is 1.84. The molecule has 6 heteroatoms. The zero-order valence-electron chi connectivity index (χ0n) is 13.0. The van der Waals surface area contributed by atoms with Crippen LogP contribution in [0.3, 0.4) is 0 Å². The highest BCUT2D eigenvalue weighted by atomic mass is 16.5. The fourth-order valence-corrected chi connectivity index (χ4v) is 2.18. The van der Waals surface area contributed by atoms with Crippen LogP contribution in [-0.2, 0) is 9.53 Å². The fraction of sp³-hybridized carbons (Fsp3) is 0.500. The van der Waals surface area contributed by atoms with Crippen molar-refractivity contribution in [1.29, 1.82) is 0 Å². The summed E-state index contributed by atoms with van der Waals surface area (Å²) in [5, 5.41) is 2.89. The molecule has 0 bridgehead atoms. The Bertz CT molecular complexity index is 553. The van der Waals surface area contributed by atoms with Gasteiger partial charge in [-0.3, -0.25) is 4.79 Å². The minimum absolute atomic E-state index is 0.145. The Kier molecular flexibility index (Phi) is 5.25. The number of nitrogens with one attached hydrogen (secondary N) is 1. The molecule has 2 rings (SSSR count). The van der Waals surface area contributed by atoms with Crippen molar-refractivity contribution in [1.82, 2.24) is 5.32 Å². The Hall–Kier alpha value is -2.24. The highest BCUT2D eigenvalue weighted by molar-refractivity contribution is 5.93. The zero-order chi connectivity index (χ0) is 16.1. The highest BCUT2D eigenvalue weighted by Gasteiger charge is 2.29. The van der Waals surface area contributed by atoms with Gasteiger partial charge in [-0.2, -0.15) is 0 Å². The standard InChI is InChI=1S/C16H21NO5/c1-10(11-4-5-11)17-15(18)9-22-14-7-6-12(20-2)8-13(14)16(19)21-3/h6-8,10-11H,4-5,9H2,1-3H3,(H,17,18)/t10-/m0/s1. The van der Waals surface area contributed by atoms with Crippen molar-refractivity contribution in [3.8, 4) is 11.5 Å². The van der Waals surface area contributed by atoms with E-state index in [0.29, 0.717) is 17.4 Å². The van der Waals surface area contributed by atoms with Crippen molar-refractivity contribution >= 4 is 11.9 Å². The molecule has 1 aliphatic rings. The predicted octanol–water partition coefficient (Wildman–Crippen LogP) is 1.78. The van der Waals surface area contributed by atoms with Crippen LogP contribution in [0.4, 0.5) is 0 Å². The molecule has 1 aromatic rings. The second-order valence-electron chi connectivity index (χ2n) is 5.34. The molecule has 6 nitrogen and oxygen atoms in total. The maximum Gasteiger partial charge on any atom is 0.341 e. The van der Waals surface area contributed by atoms with E-state index in [-0.39, 0.29) is 24.1 Å². The van der Waals surface area contributed by atoms with Crippen molar-refractivity contribution in [2.45, 2.75) is 25.8 Å². The molecular weight excluding hydrogens is 286 g/mol. The maximum atomic E-state index is 11.9. The molecule has 1 amide bonds. The smallest absolute Gasteiger partial charge is 0.341 e. The summed E-state index contributed by atoms with van der Waals surface area (Å²) in [7, 11) is 2.79. The number of ether oxygens (including phenoxy) is 3. The second-order valence-corrected chi connectivity index (χ2v) is 5.34. The Morgan fingerprint density at radius 2 is 2.05 bits per heavy atom. The van der Waals surface area contributed by atoms with Gasteiger partial charge in [0.05, 0.1) is 14.2 Å². The average molecular weight is 307 g/mol. The SMILES string of the molecule is COC(=O)c1cc(OC)ccc1OCC(=O)N[C@@H](C)C1CC1. The van der Waals surface area contributed by atoms with Gasteiger partial charge < -0.3 is 19.5 Å². The predicted molar refractivity (Wildman–Crippen MR) is 80.2 cm³/mol. The molecule has 22 heavy (non-hydrogen) atoms. The number of esters is 1. The van der Waals surface area contributed by atoms with E-state index in [0.717, 1.165) is 12.8 Å². The summed E-state index contributed by atoms with van der Waals surface area (Å²) in [6, 6.07) is 4.92. The molecule has 0 saturated heterocycles. The van der Waals surface area contributed by atoms with Crippen LogP contribution in [0, 0.1) is 5.92 Å². The van der Waals surface area contributed by atoms with Crippen molar-refractivity contribution in [3.63, 3.8) is 0 Å². The van der Waals surface area contributed by atoms with Crippen molar-refractivity contribution in [2.75, 3.05) is 20.8 Å². The number of rotatable bonds is 7. The Balaban J connectivity index is 1.98. The Morgan fingerprint density at radius 1 is 1.32 bits per heavy atom. The summed E-state index contributed by atoms with van der Waals surface area (Å²) in [4.78, 5) is 23.6. The van der Waals surface area contributed by atoms with Crippen LogP contribution in [0.1, 0.15) is 30.1 Å². The number of carbonyl (C=O) groups excluding carboxylic acids is 2. The lowest BCUT2D eigenvalue weighted by Gasteiger charge is -2.14. The zero-order valence-corrected chi connectivity index (χ0v) is 13.0. The number of methoxy groups -OCH3 is 2. The summed E-state index contributed by atoms with van der Waals surface area (Å²) in [5.74, 6) is 0.642. The molecule has 1 saturated carbocycles. The van der Waals surface area contributed by atoms with Crippen LogP contribution in [0.25, 0.3) is 0 Å². The van der Waals surface area contributed by atoms with E-state index < -0.39 is 5.97 Å². The van der Waals surface area contributed by atoms with E-state index in [1.165, 1.54) is 20.3 Å². The van der Waals surface area contributed by atoms with Crippen LogP contribution in [0.2, 0.25) is 0 Å². The molecule has 0 aromatic heterocycles. The van der Waals surface area contributed by atoms with Gasteiger partial charge in [0.15, 0.2) is 6.61 Å². The third-order valence-corrected chi connectivity index (χ3v) is 3.67. The number of hydrogen-bond donors (Lipinski definition) is 1. The Morgan fingerprint density at radius 3 is 2.64 bits per heavy atom. The third kappa shape index (κ3) is 4.13. The largest absolute Gasteiger partial charge is 0.497 e. The lowest BCUT2D eigenvalue weighted by molar-refractivity contribution is -0.123. The quantitative estimate of drug-likeness (QED) is 0.777. The van der Waals surface area contributed by atoms with Gasteiger partial charge in [-0.05, 0) is 43.9 Å². The summed E-state index contributed by atoms with van der Waals surface area (Å²) in [6.07, 6.45) is 2.32. The third-order valence-electron chi connectivity index (χ3n) is 3.67. The molecule has 1 atom stereocenters. The van der Waals surface area contributed by atoms with E-state index in [4.69, 9.17) is 14.2 Å². The minimum atomic E-state index is -0.541. The number of amides is 1. The summed E-state index contributed by atoms with van der Waals surface area (Å²) >= 11 is 0. The van der Waals surface area contributed by atoms with E-state index in [1.807, 2.05) is 6.92 Å². The van der Waals surface area contributed by atoms with Gasteiger partial charge >= 0.3 is 5.97 Å². The van der Waals surface area contributed by atoms with Crippen molar-refractivity contribution in [2.24, 2.45) is 5.92 Å². The van der Waals surface area contributed by atoms with E-state index in [2.05, 4.69) is 5.32 Å². The highest BCUT2D eigenvalue weighted by Crippen LogP contribution is 2.32. The lowest BCUT2D eigenvalue weighted by atomic mass is 10.2. The van der Waals surface area contributed by atoms with Gasteiger partial charge in [0, 0.05) is 6.04 Å². The van der Waals surface area contributed by atoms with Crippen LogP contribution in [0.5, 0.6) is 11.5 Å². The monoisotopic (exact) mass is 307 g/mol. The molecule has 1 aliphatic carbocycles. The Labute approximate surface area is 129 Å². The molecule has 1 N–H and O–H groups in total. The van der Waals surface area contributed by atoms with Crippen LogP contribution < -0.4 is 14.8 Å². The van der Waals surface area contributed by atoms with Gasteiger partial charge in [-0.1, -0.05) is 0 Å². The molecular formula is C16H21NO5. The van der Waals surface area contributed by atoms with E-state index >= 15 is 0 Å². The number of hydrogen-bond acceptors (Lipinski definition) is 5. The van der Waals surface area contributed by atoms with Crippen LogP contribution in [-0.4, -0.2) is 38.7 Å². The first-order chi connectivity index (χ1) is 10.5. The van der Waals surface area contributed by atoms with E-state index in [9.17, 15) is 9.59 Å². The first-order valence-electron chi connectivity index (χ1n) is 7.23. The number of benzene rings is 1. The molecule has 120 valence electrons. The van der Waals surface area contributed by atoms with Gasteiger partial charge in [0.2, 0.25) is 0 Å². The normalized spacial score (nSPS) is 14.9. The molecule has 0 heterocycles. The van der Waals surface area contributed by atoms with Gasteiger partial charge in [0.1, 0.15) is 17.1 Å². The minimum Gasteiger partial charge on any atom is -0.497 e. The maximum absolute atomic E-state index is 11.9. The van der Waals surface area contributed by atoms with Gasteiger partial charge in [-0.15, -0.1) is 0 Å². The fourth-order valence-electron chi connectivity index (χ4n) is 2.18. The first-order valence-corrected chi connectivity index (χ1v) is 7.23. The van der Waals surface area contributed by atoms with Gasteiger partial charge in [0.25, 0.3) is 5.91 Å². The molecule has 0 radical (unpaired) electrons.